The number of thiazole rings is 1. The summed E-state index contributed by atoms with van der Waals surface area (Å²) in [5, 5.41) is 1.97. The highest BCUT2D eigenvalue weighted by Gasteiger charge is 2.26. The number of para-hydroxylation sites is 2. The van der Waals surface area contributed by atoms with Gasteiger partial charge in [-0.15, -0.1) is 11.3 Å². The second-order valence-electron chi connectivity index (χ2n) is 6.88. The fourth-order valence-electron chi connectivity index (χ4n) is 3.78. The first kappa shape index (κ1) is 15.6. The number of rotatable bonds is 3. The van der Waals surface area contributed by atoms with Gasteiger partial charge in [0.2, 0.25) is 0 Å². The van der Waals surface area contributed by atoms with E-state index in [1.165, 1.54) is 0 Å². The van der Waals surface area contributed by atoms with Gasteiger partial charge in [-0.3, -0.25) is 9.20 Å². The lowest BCUT2D eigenvalue weighted by molar-refractivity contribution is 0.0667. The number of hydrogen-bond donors (Lipinski definition) is 1. The van der Waals surface area contributed by atoms with Gasteiger partial charge in [0, 0.05) is 37.3 Å². The van der Waals surface area contributed by atoms with Gasteiger partial charge in [0.05, 0.1) is 11.0 Å². The molecule has 0 unspecified atom stereocenters. The Morgan fingerprint density at radius 3 is 3.12 bits per heavy atom. The number of aromatic amines is 1. The van der Waals surface area contributed by atoms with Gasteiger partial charge in [-0.2, -0.15) is 0 Å². The number of piperidine rings is 1. The third kappa shape index (κ3) is 2.78. The van der Waals surface area contributed by atoms with Crippen LogP contribution in [-0.2, 0) is 6.42 Å². The summed E-state index contributed by atoms with van der Waals surface area (Å²) in [4.78, 5) is 28.2. The smallest absolute Gasteiger partial charge is 0.274 e. The number of imidazole rings is 2. The normalized spacial score (nSPS) is 18.0. The van der Waals surface area contributed by atoms with Crippen molar-refractivity contribution < 1.29 is 4.79 Å². The molecule has 0 bridgehead atoms. The van der Waals surface area contributed by atoms with Crippen molar-refractivity contribution in [2.45, 2.75) is 19.3 Å². The molecule has 5 rings (SSSR count). The van der Waals surface area contributed by atoms with Gasteiger partial charge in [-0.1, -0.05) is 12.1 Å². The molecule has 1 amide bonds. The minimum absolute atomic E-state index is 0.0372. The highest BCUT2D eigenvalue weighted by molar-refractivity contribution is 7.15. The minimum Gasteiger partial charge on any atom is -0.342 e. The predicted molar refractivity (Wildman–Crippen MR) is 101 cm³/mol. The number of carbonyl (C=O) groups is 1. The van der Waals surface area contributed by atoms with Crippen LogP contribution in [-0.4, -0.2) is 43.2 Å². The average Bonchev–Trinajstić information content (AvgIpc) is 3.35. The Kier molecular flexibility index (Phi) is 3.74. The van der Waals surface area contributed by atoms with Crippen LogP contribution >= 0.6 is 11.3 Å². The topological polar surface area (TPSA) is 66.3 Å². The molecule has 1 saturated heterocycles. The van der Waals surface area contributed by atoms with Crippen molar-refractivity contribution in [2.24, 2.45) is 5.92 Å². The summed E-state index contributed by atoms with van der Waals surface area (Å²) in [5.74, 6) is 1.47. The maximum Gasteiger partial charge on any atom is 0.274 e. The summed E-state index contributed by atoms with van der Waals surface area (Å²) in [6.07, 6.45) is 6.79. The Labute approximate surface area is 154 Å². The summed E-state index contributed by atoms with van der Waals surface area (Å²) in [6.45, 7) is 1.57. The largest absolute Gasteiger partial charge is 0.342 e. The lowest BCUT2D eigenvalue weighted by atomic mass is 9.94. The highest BCUT2D eigenvalue weighted by Crippen LogP contribution is 2.23. The van der Waals surface area contributed by atoms with Gasteiger partial charge in [0.1, 0.15) is 11.5 Å². The van der Waals surface area contributed by atoms with Crippen LogP contribution in [0.15, 0.2) is 42.0 Å². The maximum absolute atomic E-state index is 12.8. The van der Waals surface area contributed by atoms with Crippen molar-refractivity contribution in [2.75, 3.05) is 13.1 Å². The molecule has 0 saturated carbocycles. The van der Waals surface area contributed by atoms with Crippen molar-refractivity contribution in [3.63, 3.8) is 0 Å². The molecule has 6 nitrogen and oxygen atoms in total. The number of H-pyrrole nitrogens is 1. The molecule has 1 N–H and O–H groups in total. The monoisotopic (exact) mass is 365 g/mol. The lowest BCUT2D eigenvalue weighted by Crippen LogP contribution is -2.40. The van der Waals surface area contributed by atoms with Crippen LogP contribution < -0.4 is 0 Å². The minimum atomic E-state index is 0.0372. The van der Waals surface area contributed by atoms with Crippen molar-refractivity contribution in [1.82, 2.24) is 24.3 Å². The quantitative estimate of drug-likeness (QED) is 0.605. The van der Waals surface area contributed by atoms with Crippen LogP contribution in [0, 0.1) is 5.92 Å². The first-order chi connectivity index (χ1) is 12.8. The van der Waals surface area contributed by atoms with E-state index in [1.807, 2.05) is 51.3 Å². The van der Waals surface area contributed by atoms with E-state index in [1.54, 1.807) is 11.3 Å². The molecule has 1 atom stereocenters. The Bertz CT molecular complexity index is 1020. The zero-order chi connectivity index (χ0) is 17.5. The second-order valence-corrected chi connectivity index (χ2v) is 7.76. The standard InChI is InChI=1S/C19H19N5OS/c25-18(16-12-24-8-9-26-19(24)22-16)23-7-3-4-13(11-23)10-17-20-14-5-1-2-6-15(14)21-17/h1-2,5-6,8-9,12-13H,3-4,7,10-11H2,(H,20,21)/t13-/m1/s1. The van der Waals surface area contributed by atoms with Crippen LogP contribution in [0.2, 0.25) is 0 Å². The van der Waals surface area contributed by atoms with Gasteiger partial charge in [0.15, 0.2) is 4.96 Å². The number of likely N-dealkylation sites (tertiary alicyclic amines) is 1. The number of carbonyl (C=O) groups excluding carboxylic acids is 1. The molecule has 3 aromatic heterocycles. The van der Waals surface area contributed by atoms with E-state index in [2.05, 4.69) is 15.0 Å². The molecule has 26 heavy (non-hydrogen) atoms. The summed E-state index contributed by atoms with van der Waals surface area (Å²) in [6, 6.07) is 8.09. The van der Waals surface area contributed by atoms with Crippen molar-refractivity contribution >= 4 is 33.2 Å². The van der Waals surface area contributed by atoms with Crippen LogP contribution in [0.25, 0.3) is 16.0 Å². The highest BCUT2D eigenvalue weighted by atomic mass is 32.1. The number of aromatic nitrogens is 4. The average molecular weight is 365 g/mol. The van der Waals surface area contributed by atoms with Gasteiger partial charge in [-0.25, -0.2) is 9.97 Å². The van der Waals surface area contributed by atoms with E-state index < -0.39 is 0 Å². The third-order valence-electron chi connectivity index (χ3n) is 5.04. The van der Waals surface area contributed by atoms with Crippen LogP contribution in [0.5, 0.6) is 0 Å². The summed E-state index contributed by atoms with van der Waals surface area (Å²) in [5.41, 5.74) is 2.62. The SMILES string of the molecule is O=C(c1cn2ccsc2n1)N1CCC[C@H](Cc2nc3ccccc3[nH]2)C1. The van der Waals surface area contributed by atoms with E-state index in [4.69, 9.17) is 0 Å². The van der Waals surface area contributed by atoms with Crippen LogP contribution in [0.1, 0.15) is 29.2 Å². The van der Waals surface area contributed by atoms with Crippen molar-refractivity contribution in [1.29, 1.82) is 0 Å². The summed E-state index contributed by atoms with van der Waals surface area (Å²) < 4.78 is 1.91. The molecule has 1 aromatic carbocycles. The van der Waals surface area contributed by atoms with E-state index in [0.29, 0.717) is 11.6 Å². The van der Waals surface area contributed by atoms with E-state index in [0.717, 1.165) is 54.2 Å². The fourth-order valence-corrected chi connectivity index (χ4v) is 4.48. The molecule has 132 valence electrons. The van der Waals surface area contributed by atoms with E-state index in [-0.39, 0.29) is 5.91 Å². The number of hydrogen-bond acceptors (Lipinski definition) is 4. The Morgan fingerprint density at radius 2 is 2.23 bits per heavy atom. The first-order valence-electron chi connectivity index (χ1n) is 8.91. The molecule has 4 aromatic rings. The molecule has 0 aliphatic carbocycles. The fraction of sp³-hybridized carbons (Fsp3) is 0.316. The lowest BCUT2D eigenvalue weighted by Gasteiger charge is -2.32. The molecule has 1 aliphatic heterocycles. The number of benzene rings is 1. The van der Waals surface area contributed by atoms with Crippen LogP contribution in [0.3, 0.4) is 0 Å². The van der Waals surface area contributed by atoms with Gasteiger partial charge in [-0.05, 0) is 30.9 Å². The predicted octanol–water partition coefficient (Wildman–Crippen LogP) is 3.37. The summed E-state index contributed by atoms with van der Waals surface area (Å²) in [7, 11) is 0. The van der Waals surface area contributed by atoms with Crippen LogP contribution in [0.4, 0.5) is 0 Å². The Balaban J connectivity index is 1.31. The Morgan fingerprint density at radius 1 is 1.31 bits per heavy atom. The van der Waals surface area contributed by atoms with Gasteiger partial charge >= 0.3 is 0 Å². The third-order valence-corrected chi connectivity index (χ3v) is 5.81. The number of fused-ring (bicyclic) bond motifs is 2. The van der Waals surface area contributed by atoms with Crippen molar-refractivity contribution in [3.05, 3.63) is 53.6 Å². The molecular weight excluding hydrogens is 346 g/mol. The molecule has 0 spiro atoms. The number of nitrogens with one attached hydrogen (secondary N) is 1. The first-order valence-corrected chi connectivity index (χ1v) is 9.79. The summed E-state index contributed by atoms with van der Waals surface area (Å²) >= 11 is 1.55. The molecule has 1 aliphatic rings. The molecule has 7 heteroatoms. The van der Waals surface area contributed by atoms with Gasteiger partial charge < -0.3 is 9.88 Å². The van der Waals surface area contributed by atoms with E-state index >= 15 is 0 Å². The maximum atomic E-state index is 12.8. The van der Waals surface area contributed by atoms with Gasteiger partial charge in [0.25, 0.3) is 5.91 Å². The van der Waals surface area contributed by atoms with Crippen molar-refractivity contribution in [3.8, 4) is 0 Å². The molecule has 1 fully saturated rings. The number of amides is 1. The zero-order valence-corrected chi connectivity index (χ0v) is 15.1. The van der Waals surface area contributed by atoms with E-state index in [9.17, 15) is 4.79 Å². The second kappa shape index (κ2) is 6.25. The zero-order valence-electron chi connectivity index (χ0n) is 14.3. The number of nitrogens with zero attached hydrogens (tertiary/aromatic N) is 4. The molecular formula is C19H19N5OS. The molecule has 4 heterocycles. The molecule has 0 radical (unpaired) electrons. The Hall–Kier alpha value is -2.67.